The Bertz CT molecular complexity index is 594. The van der Waals surface area contributed by atoms with Crippen LogP contribution < -0.4 is 4.90 Å². The minimum Gasteiger partial charge on any atom is -0.396 e. The third-order valence-corrected chi connectivity index (χ3v) is 4.17. The lowest BCUT2D eigenvalue weighted by molar-refractivity contribution is 0.225. The zero-order valence-electron chi connectivity index (χ0n) is 12.0. The summed E-state index contributed by atoms with van der Waals surface area (Å²) in [6.07, 6.45) is 6.86. The molecule has 2 aromatic rings. The molecule has 0 amide bonds. The maximum Gasteiger partial charge on any atom is 0.165 e. The SMILES string of the molecule is CN(C)c1ncnc2c1ncn2C[C@@H]1CC[C@H](CO)C1. The van der Waals surface area contributed by atoms with Gasteiger partial charge in [-0.25, -0.2) is 15.0 Å². The number of anilines is 1. The van der Waals surface area contributed by atoms with Crippen molar-refractivity contribution in [1.29, 1.82) is 0 Å². The summed E-state index contributed by atoms with van der Waals surface area (Å²) in [7, 11) is 3.92. The molecule has 1 aliphatic rings. The molecule has 2 atom stereocenters. The van der Waals surface area contributed by atoms with E-state index in [-0.39, 0.29) is 0 Å². The van der Waals surface area contributed by atoms with Crippen LogP contribution in [0.1, 0.15) is 19.3 Å². The van der Waals surface area contributed by atoms with Gasteiger partial charge in [-0.15, -0.1) is 0 Å². The quantitative estimate of drug-likeness (QED) is 0.911. The van der Waals surface area contributed by atoms with Crippen molar-refractivity contribution in [2.45, 2.75) is 25.8 Å². The van der Waals surface area contributed by atoms with Crippen LogP contribution in [0.5, 0.6) is 0 Å². The van der Waals surface area contributed by atoms with Gasteiger partial charge in [-0.05, 0) is 31.1 Å². The van der Waals surface area contributed by atoms with E-state index in [1.807, 2.05) is 25.3 Å². The molecule has 1 saturated carbocycles. The molecule has 0 radical (unpaired) electrons. The smallest absolute Gasteiger partial charge is 0.165 e. The highest BCUT2D eigenvalue weighted by Gasteiger charge is 2.25. The van der Waals surface area contributed by atoms with Crippen LogP contribution >= 0.6 is 0 Å². The predicted molar refractivity (Wildman–Crippen MR) is 77.6 cm³/mol. The number of rotatable bonds is 4. The number of aliphatic hydroxyl groups is 1. The average Bonchev–Trinajstić information content (AvgIpc) is 3.06. The molecule has 0 unspecified atom stereocenters. The van der Waals surface area contributed by atoms with E-state index in [1.54, 1.807) is 6.33 Å². The summed E-state index contributed by atoms with van der Waals surface area (Å²) in [6.45, 7) is 1.24. The summed E-state index contributed by atoms with van der Waals surface area (Å²) < 4.78 is 2.12. The largest absolute Gasteiger partial charge is 0.396 e. The van der Waals surface area contributed by atoms with Crippen molar-refractivity contribution in [1.82, 2.24) is 19.5 Å². The first-order valence-corrected chi connectivity index (χ1v) is 7.13. The van der Waals surface area contributed by atoms with Crippen LogP contribution in [0.15, 0.2) is 12.7 Å². The summed E-state index contributed by atoms with van der Waals surface area (Å²) in [6, 6.07) is 0. The molecule has 1 fully saturated rings. The van der Waals surface area contributed by atoms with Crippen molar-refractivity contribution < 1.29 is 5.11 Å². The molecule has 1 aliphatic carbocycles. The fourth-order valence-electron chi connectivity index (χ4n) is 3.12. The van der Waals surface area contributed by atoms with Gasteiger partial charge < -0.3 is 14.6 Å². The predicted octanol–water partition coefficient (Wildman–Crippen LogP) is 1.30. The van der Waals surface area contributed by atoms with Gasteiger partial charge in [0.05, 0.1) is 6.33 Å². The van der Waals surface area contributed by atoms with Gasteiger partial charge in [0, 0.05) is 27.2 Å². The third kappa shape index (κ3) is 2.35. The summed E-state index contributed by atoms with van der Waals surface area (Å²) in [4.78, 5) is 15.1. The molecule has 0 aromatic carbocycles. The van der Waals surface area contributed by atoms with Crippen LogP contribution in [0.2, 0.25) is 0 Å². The normalized spacial score (nSPS) is 22.6. The van der Waals surface area contributed by atoms with Gasteiger partial charge in [0.2, 0.25) is 0 Å². The van der Waals surface area contributed by atoms with E-state index in [1.165, 1.54) is 6.42 Å². The van der Waals surface area contributed by atoms with Crippen molar-refractivity contribution in [2.75, 3.05) is 25.6 Å². The second-order valence-corrected chi connectivity index (χ2v) is 5.89. The van der Waals surface area contributed by atoms with E-state index < -0.39 is 0 Å². The zero-order valence-corrected chi connectivity index (χ0v) is 12.0. The topological polar surface area (TPSA) is 67.1 Å². The van der Waals surface area contributed by atoms with Crippen molar-refractivity contribution >= 4 is 17.0 Å². The van der Waals surface area contributed by atoms with Crippen LogP contribution in [0.4, 0.5) is 5.82 Å². The molecule has 6 heteroatoms. The molecule has 0 aliphatic heterocycles. The minimum atomic E-state index is 0.314. The summed E-state index contributed by atoms with van der Waals surface area (Å²) in [5.41, 5.74) is 1.75. The van der Waals surface area contributed by atoms with Crippen molar-refractivity contribution in [3.63, 3.8) is 0 Å². The van der Waals surface area contributed by atoms with E-state index >= 15 is 0 Å². The van der Waals surface area contributed by atoms with E-state index in [0.717, 1.165) is 36.4 Å². The number of hydrogen-bond acceptors (Lipinski definition) is 5. The molecule has 0 bridgehead atoms. The van der Waals surface area contributed by atoms with Crippen LogP contribution in [-0.2, 0) is 6.54 Å². The molecule has 1 N–H and O–H groups in total. The molecule has 108 valence electrons. The number of fused-ring (bicyclic) bond motifs is 1. The number of hydrogen-bond donors (Lipinski definition) is 1. The number of aliphatic hydroxyl groups excluding tert-OH is 1. The molecular weight excluding hydrogens is 254 g/mol. The Morgan fingerprint density at radius 2 is 2.05 bits per heavy atom. The molecule has 0 saturated heterocycles. The number of nitrogens with zero attached hydrogens (tertiary/aromatic N) is 5. The van der Waals surface area contributed by atoms with Gasteiger partial charge >= 0.3 is 0 Å². The first kappa shape index (κ1) is 13.3. The monoisotopic (exact) mass is 275 g/mol. The Hall–Kier alpha value is -1.69. The number of aromatic nitrogens is 4. The van der Waals surface area contributed by atoms with Crippen LogP contribution in [-0.4, -0.2) is 45.3 Å². The van der Waals surface area contributed by atoms with Crippen LogP contribution in [0.25, 0.3) is 11.2 Å². The minimum absolute atomic E-state index is 0.314. The van der Waals surface area contributed by atoms with E-state index in [9.17, 15) is 5.11 Å². The highest BCUT2D eigenvalue weighted by molar-refractivity contribution is 5.82. The number of imidazole rings is 1. The van der Waals surface area contributed by atoms with Gasteiger partial charge in [0.1, 0.15) is 6.33 Å². The molecule has 0 spiro atoms. The molecule has 6 nitrogen and oxygen atoms in total. The first-order valence-electron chi connectivity index (χ1n) is 7.13. The summed E-state index contributed by atoms with van der Waals surface area (Å²) in [5.74, 6) is 1.94. The summed E-state index contributed by atoms with van der Waals surface area (Å²) in [5, 5.41) is 9.23. The van der Waals surface area contributed by atoms with Gasteiger partial charge in [-0.3, -0.25) is 0 Å². The fraction of sp³-hybridized carbons (Fsp3) is 0.643. The van der Waals surface area contributed by atoms with Crippen molar-refractivity contribution in [2.24, 2.45) is 11.8 Å². The van der Waals surface area contributed by atoms with E-state index in [4.69, 9.17) is 0 Å². The lowest BCUT2D eigenvalue weighted by atomic mass is 10.1. The Labute approximate surface area is 118 Å². The Balaban J connectivity index is 1.84. The lowest BCUT2D eigenvalue weighted by Gasteiger charge is -2.13. The average molecular weight is 275 g/mol. The zero-order chi connectivity index (χ0) is 14.1. The van der Waals surface area contributed by atoms with Crippen LogP contribution in [0.3, 0.4) is 0 Å². The molecular formula is C14H21N5O. The second kappa shape index (κ2) is 5.36. The third-order valence-electron chi connectivity index (χ3n) is 4.17. The highest BCUT2D eigenvalue weighted by Crippen LogP contribution is 2.32. The highest BCUT2D eigenvalue weighted by atomic mass is 16.3. The Morgan fingerprint density at radius 1 is 1.25 bits per heavy atom. The molecule has 20 heavy (non-hydrogen) atoms. The molecule has 2 heterocycles. The summed E-state index contributed by atoms with van der Waals surface area (Å²) >= 11 is 0. The maximum atomic E-state index is 9.23. The lowest BCUT2D eigenvalue weighted by Crippen LogP contribution is -2.12. The molecule has 2 aromatic heterocycles. The fourth-order valence-corrected chi connectivity index (χ4v) is 3.12. The first-order chi connectivity index (χ1) is 9.69. The second-order valence-electron chi connectivity index (χ2n) is 5.89. The van der Waals surface area contributed by atoms with Gasteiger partial charge in [0.15, 0.2) is 17.0 Å². The maximum absolute atomic E-state index is 9.23. The molecule has 3 rings (SSSR count). The van der Waals surface area contributed by atoms with Crippen molar-refractivity contribution in [3.8, 4) is 0 Å². The Kier molecular flexibility index (Phi) is 3.56. The van der Waals surface area contributed by atoms with Gasteiger partial charge in [0.25, 0.3) is 0 Å². The van der Waals surface area contributed by atoms with Gasteiger partial charge in [-0.1, -0.05) is 0 Å². The van der Waals surface area contributed by atoms with E-state index in [0.29, 0.717) is 18.4 Å². The van der Waals surface area contributed by atoms with Crippen molar-refractivity contribution in [3.05, 3.63) is 12.7 Å². The Morgan fingerprint density at radius 3 is 2.75 bits per heavy atom. The standard InChI is InChI=1S/C14H21N5O/c1-18(2)13-12-14(16-8-15-13)19(9-17-12)6-10-3-4-11(5-10)7-20/h8-11,20H,3-7H2,1-2H3/t10-,11+/m1/s1. The van der Waals surface area contributed by atoms with Crippen LogP contribution in [0, 0.1) is 11.8 Å². The van der Waals surface area contributed by atoms with E-state index in [2.05, 4.69) is 19.5 Å². The van der Waals surface area contributed by atoms with Gasteiger partial charge in [-0.2, -0.15) is 0 Å².